The molecule has 0 N–H and O–H groups in total. The summed E-state index contributed by atoms with van der Waals surface area (Å²) in [6.07, 6.45) is -2.13. The summed E-state index contributed by atoms with van der Waals surface area (Å²) in [6, 6.07) is 2.05. The summed E-state index contributed by atoms with van der Waals surface area (Å²) in [5, 5.41) is 0. The van der Waals surface area contributed by atoms with Gasteiger partial charge in [0.25, 0.3) is 0 Å². The highest BCUT2D eigenvalue weighted by molar-refractivity contribution is 9.12. The first kappa shape index (κ1) is 13.7. The van der Waals surface area contributed by atoms with E-state index in [1.54, 1.807) is 0 Å². The Morgan fingerprint density at radius 1 is 1.47 bits per heavy atom. The highest BCUT2D eigenvalue weighted by Gasteiger charge is 2.31. The molecule has 0 aliphatic carbocycles. The predicted octanol–water partition coefficient (Wildman–Crippen LogP) is 3.01. The van der Waals surface area contributed by atoms with E-state index in [1.165, 1.54) is 19.3 Å². The predicted molar refractivity (Wildman–Crippen MR) is 58.2 cm³/mol. The molecule has 1 aromatic heterocycles. The third kappa shape index (κ3) is 3.85. The third-order valence-electron chi connectivity index (χ3n) is 1.75. The van der Waals surface area contributed by atoms with Crippen molar-refractivity contribution in [1.82, 2.24) is 4.98 Å². The van der Waals surface area contributed by atoms with Crippen LogP contribution in [0.3, 0.4) is 0 Å². The zero-order chi connectivity index (χ0) is 13.1. The first-order valence-electron chi connectivity index (χ1n) is 4.33. The largest absolute Gasteiger partial charge is 0.465 e. The van der Waals surface area contributed by atoms with Gasteiger partial charge in [-0.3, -0.25) is 4.98 Å². The Hall–Kier alpha value is -1.37. The number of hydrogen-bond donors (Lipinski definition) is 0. The molecular weight excluding hydrogens is 303 g/mol. The minimum Gasteiger partial charge on any atom is -0.465 e. The quantitative estimate of drug-likeness (QED) is 0.623. The summed E-state index contributed by atoms with van der Waals surface area (Å²) in [5.74, 6) is -0.620. The van der Waals surface area contributed by atoms with Gasteiger partial charge < -0.3 is 4.74 Å². The summed E-state index contributed by atoms with van der Waals surface area (Å²) in [4.78, 5) is 14.3. The van der Waals surface area contributed by atoms with Gasteiger partial charge in [-0.25, -0.2) is 4.79 Å². The van der Waals surface area contributed by atoms with Crippen LogP contribution in [-0.2, 0) is 15.7 Å². The molecule has 92 valence electrons. The number of pyridine rings is 1. The van der Waals surface area contributed by atoms with Crippen molar-refractivity contribution in [3.63, 3.8) is 0 Å². The Kier molecular flexibility index (Phi) is 4.28. The van der Waals surface area contributed by atoms with E-state index in [1.807, 2.05) is 0 Å². The number of methoxy groups -OCH3 is 1. The highest BCUT2D eigenvalue weighted by atomic mass is 79.9. The number of nitrogens with zero attached hydrogens (tertiary/aromatic N) is 1. The van der Waals surface area contributed by atoms with Crippen LogP contribution in [0.5, 0.6) is 0 Å². The molecule has 0 amide bonds. The summed E-state index contributed by atoms with van der Waals surface area (Å²) >= 11 is 2.93. The number of ether oxygens (including phenoxy) is 1. The highest BCUT2D eigenvalue weighted by Crippen LogP contribution is 2.27. The lowest BCUT2D eigenvalue weighted by atomic mass is 10.2. The Morgan fingerprint density at radius 2 is 2.12 bits per heavy atom. The Bertz CT molecular complexity index is 440. The van der Waals surface area contributed by atoms with Crippen molar-refractivity contribution < 1.29 is 22.7 Å². The molecule has 0 saturated carbocycles. The third-order valence-corrected chi connectivity index (χ3v) is 2.30. The second-order valence-electron chi connectivity index (χ2n) is 2.96. The Labute approximate surface area is 103 Å². The second-order valence-corrected chi connectivity index (χ2v) is 3.81. The van der Waals surface area contributed by atoms with Crippen molar-refractivity contribution >= 4 is 28.0 Å². The summed E-state index contributed by atoms with van der Waals surface area (Å²) < 4.78 is 41.1. The first-order valence-corrected chi connectivity index (χ1v) is 5.12. The first-order chi connectivity index (χ1) is 7.84. The van der Waals surface area contributed by atoms with E-state index in [2.05, 4.69) is 25.7 Å². The molecule has 0 aliphatic rings. The minimum absolute atomic E-state index is 0.0987. The van der Waals surface area contributed by atoms with Crippen molar-refractivity contribution in [1.29, 1.82) is 0 Å². The molecule has 1 rings (SSSR count). The lowest BCUT2D eigenvalue weighted by Crippen LogP contribution is -2.07. The standard InChI is InChI=1S/C10H7BrF3NO2/c1-17-9(16)7(11)4-6-2-3-8(15-5-6)10(12,13)14/h2-5H,1H3/b7-4-. The summed E-state index contributed by atoms with van der Waals surface area (Å²) in [5.41, 5.74) is -0.626. The van der Waals surface area contributed by atoms with Gasteiger partial charge in [0, 0.05) is 6.20 Å². The van der Waals surface area contributed by atoms with E-state index in [0.29, 0.717) is 5.56 Å². The van der Waals surface area contributed by atoms with Crippen molar-refractivity contribution in [2.75, 3.05) is 7.11 Å². The van der Waals surface area contributed by atoms with Crippen LogP contribution < -0.4 is 0 Å². The molecule has 17 heavy (non-hydrogen) atoms. The number of halogens is 4. The summed E-state index contributed by atoms with van der Waals surface area (Å²) in [7, 11) is 1.20. The van der Waals surface area contributed by atoms with Crippen LogP contribution in [0, 0.1) is 0 Å². The molecule has 0 atom stereocenters. The van der Waals surface area contributed by atoms with E-state index in [-0.39, 0.29) is 4.48 Å². The fraction of sp³-hybridized carbons (Fsp3) is 0.200. The SMILES string of the molecule is COC(=O)/C(Br)=C/c1ccc(C(F)(F)F)nc1. The molecule has 0 unspecified atom stereocenters. The minimum atomic E-state index is -4.47. The molecule has 0 bridgehead atoms. The van der Waals surface area contributed by atoms with Crippen LogP contribution in [-0.4, -0.2) is 18.1 Å². The molecule has 0 radical (unpaired) electrons. The number of rotatable bonds is 2. The van der Waals surface area contributed by atoms with Crippen LogP contribution >= 0.6 is 15.9 Å². The average molecular weight is 310 g/mol. The van der Waals surface area contributed by atoms with Gasteiger partial charge in [0.2, 0.25) is 0 Å². The van der Waals surface area contributed by atoms with Crippen molar-refractivity contribution in [3.05, 3.63) is 34.1 Å². The van der Waals surface area contributed by atoms with Crippen LogP contribution in [0.15, 0.2) is 22.8 Å². The molecule has 0 aliphatic heterocycles. The normalized spacial score (nSPS) is 12.4. The van der Waals surface area contributed by atoms with Crippen molar-refractivity contribution in [2.24, 2.45) is 0 Å². The Balaban J connectivity index is 2.93. The maximum absolute atomic E-state index is 12.2. The van der Waals surface area contributed by atoms with E-state index in [9.17, 15) is 18.0 Å². The fourth-order valence-corrected chi connectivity index (χ4v) is 1.39. The van der Waals surface area contributed by atoms with Crippen LogP contribution in [0.25, 0.3) is 6.08 Å². The maximum atomic E-state index is 12.2. The zero-order valence-electron chi connectivity index (χ0n) is 8.58. The van der Waals surface area contributed by atoms with Gasteiger partial charge >= 0.3 is 12.1 Å². The number of alkyl halides is 3. The van der Waals surface area contributed by atoms with Gasteiger partial charge in [0.1, 0.15) is 10.2 Å². The van der Waals surface area contributed by atoms with Gasteiger partial charge in [-0.05, 0) is 33.6 Å². The molecule has 1 heterocycles. The van der Waals surface area contributed by atoms with E-state index < -0.39 is 17.8 Å². The number of esters is 1. The molecule has 3 nitrogen and oxygen atoms in total. The molecule has 0 fully saturated rings. The molecule has 0 spiro atoms. The molecule has 0 saturated heterocycles. The average Bonchev–Trinajstić information content (AvgIpc) is 2.27. The fourth-order valence-electron chi connectivity index (χ4n) is 0.961. The van der Waals surface area contributed by atoms with E-state index in [0.717, 1.165) is 12.3 Å². The van der Waals surface area contributed by atoms with Gasteiger partial charge in [0.15, 0.2) is 0 Å². The smallest absolute Gasteiger partial charge is 0.433 e. The lowest BCUT2D eigenvalue weighted by Gasteiger charge is -2.05. The summed E-state index contributed by atoms with van der Waals surface area (Å²) in [6.45, 7) is 0. The number of aromatic nitrogens is 1. The molecular formula is C10H7BrF3NO2. The Morgan fingerprint density at radius 3 is 2.53 bits per heavy atom. The van der Waals surface area contributed by atoms with Crippen molar-refractivity contribution in [3.8, 4) is 0 Å². The number of carbonyl (C=O) groups excluding carboxylic acids is 1. The van der Waals surface area contributed by atoms with E-state index >= 15 is 0 Å². The maximum Gasteiger partial charge on any atom is 0.433 e. The molecule has 0 aromatic carbocycles. The number of hydrogen-bond acceptors (Lipinski definition) is 3. The second kappa shape index (κ2) is 5.31. The molecule has 7 heteroatoms. The van der Waals surface area contributed by atoms with Crippen LogP contribution in [0.2, 0.25) is 0 Å². The van der Waals surface area contributed by atoms with Gasteiger partial charge in [0.05, 0.1) is 7.11 Å². The van der Waals surface area contributed by atoms with Crippen molar-refractivity contribution in [2.45, 2.75) is 6.18 Å². The molecule has 1 aromatic rings. The van der Waals surface area contributed by atoms with Crippen LogP contribution in [0.1, 0.15) is 11.3 Å². The van der Waals surface area contributed by atoms with E-state index in [4.69, 9.17) is 0 Å². The lowest BCUT2D eigenvalue weighted by molar-refractivity contribution is -0.141. The van der Waals surface area contributed by atoms with Gasteiger partial charge in [-0.1, -0.05) is 6.07 Å². The van der Waals surface area contributed by atoms with Crippen LogP contribution in [0.4, 0.5) is 13.2 Å². The van der Waals surface area contributed by atoms with Gasteiger partial charge in [-0.2, -0.15) is 13.2 Å². The topological polar surface area (TPSA) is 39.2 Å². The zero-order valence-corrected chi connectivity index (χ0v) is 10.2. The monoisotopic (exact) mass is 309 g/mol. The van der Waals surface area contributed by atoms with Gasteiger partial charge in [-0.15, -0.1) is 0 Å². The number of carbonyl (C=O) groups is 1.